The second-order valence-electron chi connectivity index (χ2n) is 4.36. The summed E-state index contributed by atoms with van der Waals surface area (Å²) in [5.74, 6) is 0. The third-order valence-electron chi connectivity index (χ3n) is 2.95. The fraction of sp³-hybridized carbons (Fsp3) is 0.133. The minimum absolute atomic E-state index is 0.997. The van der Waals surface area contributed by atoms with Crippen molar-refractivity contribution < 1.29 is 0 Å². The third-order valence-corrected chi connectivity index (χ3v) is 4.04. The maximum Gasteiger partial charge on any atom is 0.190 e. The summed E-state index contributed by atoms with van der Waals surface area (Å²) in [6.07, 6.45) is 0. The summed E-state index contributed by atoms with van der Waals surface area (Å²) in [6, 6.07) is 16.6. The highest BCUT2D eigenvalue weighted by Gasteiger charge is 2.02. The number of thiazole rings is 1. The molecule has 3 rings (SSSR count). The Labute approximate surface area is 110 Å². The van der Waals surface area contributed by atoms with Crippen LogP contribution in [0.3, 0.4) is 0 Å². The van der Waals surface area contributed by atoms with E-state index in [0.29, 0.717) is 0 Å². The van der Waals surface area contributed by atoms with Crippen LogP contribution in [0.15, 0.2) is 53.5 Å². The van der Waals surface area contributed by atoms with E-state index in [-0.39, 0.29) is 0 Å². The van der Waals surface area contributed by atoms with Crippen LogP contribution in [0, 0.1) is 6.92 Å². The fourth-order valence-electron chi connectivity index (χ4n) is 1.96. The Hall–Kier alpha value is -1.87. The Morgan fingerprint density at radius 1 is 1.06 bits per heavy atom. The van der Waals surface area contributed by atoms with E-state index in [0.717, 1.165) is 10.5 Å². The van der Waals surface area contributed by atoms with Gasteiger partial charge in [0.1, 0.15) is 0 Å². The lowest BCUT2D eigenvalue weighted by molar-refractivity contribution is 0.912. The standard InChI is InChI=1S/C15H14N2S/c1-11-8-9-13-14(10-11)18-15(17(13)2)16-12-6-4-3-5-7-12/h3-10H,1-2H3. The Balaban J connectivity index is 2.24. The first-order valence-corrected chi connectivity index (χ1v) is 6.72. The molecule has 0 spiro atoms. The highest BCUT2D eigenvalue weighted by Crippen LogP contribution is 2.19. The molecule has 2 nitrogen and oxygen atoms in total. The summed E-state index contributed by atoms with van der Waals surface area (Å²) < 4.78 is 3.43. The molecule has 1 aromatic heterocycles. The smallest absolute Gasteiger partial charge is 0.190 e. The van der Waals surface area contributed by atoms with Gasteiger partial charge in [0.05, 0.1) is 15.9 Å². The molecule has 0 aliphatic carbocycles. The molecule has 90 valence electrons. The Kier molecular flexibility index (Phi) is 2.76. The molecule has 0 saturated carbocycles. The maximum absolute atomic E-state index is 4.69. The molecule has 0 aliphatic heterocycles. The summed E-state index contributed by atoms with van der Waals surface area (Å²) in [7, 11) is 2.07. The van der Waals surface area contributed by atoms with Crippen LogP contribution in [0.1, 0.15) is 5.56 Å². The predicted octanol–water partition coefficient (Wildman–Crippen LogP) is 3.78. The van der Waals surface area contributed by atoms with Crippen LogP contribution in [0.2, 0.25) is 0 Å². The molecule has 0 amide bonds. The van der Waals surface area contributed by atoms with E-state index < -0.39 is 0 Å². The van der Waals surface area contributed by atoms with Crippen molar-refractivity contribution >= 4 is 27.2 Å². The average Bonchev–Trinajstić information content (AvgIpc) is 2.67. The predicted molar refractivity (Wildman–Crippen MR) is 77.2 cm³/mol. The van der Waals surface area contributed by atoms with Crippen LogP contribution in [-0.2, 0) is 7.05 Å². The molecule has 2 aromatic carbocycles. The summed E-state index contributed by atoms with van der Waals surface area (Å²) in [6.45, 7) is 2.12. The van der Waals surface area contributed by atoms with Gasteiger partial charge in [0.2, 0.25) is 0 Å². The number of aryl methyl sites for hydroxylation is 2. The first-order chi connectivity index (χ1) is 8.74. The van der Waals surface area contributed by atoms with Gasteiger partial charge in [-0.05, 0) is 36.8 Å². The van der Waals surface area contributed by atoms with Crippen molar-refractivity contribution in [2.45, 2.75) is 6.92 Å². The summed E-state index contributed by atoms with van der Waals surface area (Å²) in [4.78, 5) is 5.72. The lowest BCUT2D eigenvalue weighted by Gasteiger charge is -1.96. The minimum Gasteiger partial charge on any atom is -0.320 e. The summed E-state index contributed by atoms with van der Waals surface area (Å²) in [5.41, 5.74) is 3.52. The summed E-state index contributed by atoms with van der Waals surface area (Å²) in [5, 5.41) is 0. The van der Waals surface area contributed by atoms with Gasteiger partial charge in [-0.2, -0.15) is 0 Å². The molecule has 1 heterocycles. The Bertz CT molecular complexity index is 751. The molecule has 0 aliphatic rings. The molecular formula is C15H14N2S. The molecule has 0 fully saturated rings. The van der Waals surface area contributed by atoms with Crippen molar-refractivity contribution in [3.8, 4) is 0 Å². The van der Waals surface area contributed by atoms with E-state index in [1.807, 2.05) is 30.3 Å². The average molecular weight is 254 g/mol. The van der Waals surface area contributed by atoms with Crippen LogP contribution < -0.4 is 4.80 Å². The van der Waals surface area contributed by atoms with Crippen molar-refractivity contribution in [1.29, 1.82) is 0 Å². The number of hydrogen-bond donors (Lipinski definition) is 0. The van der Waals surface area contributed by atoms with E-state index in [9.17, 15) is 0 Å². The molecule has 0 atom stereocenters. The topological polar surface area (TPSA) is 17.3 Å². The van der Waals surface area contributed by atoms with Crippen LogP contribution in [-0.4, -0.2) is 4.57 Å². The SMILES string of the molecule is Cc1ccc2c(c1)sc(=Nc1ccccc1)n2C. The van der Waals surface area contributed by atoms with Crippen molar-refractivity contribution in [1.82, 2.24) is 4.57 Å². The highest BCUT2D eigenvalue weighted by molar-refractivity contribution is 7.16. The molecule has 0 saturated heterocycles. The zero-order chi connectivity index (χ0) is 12.5. The number of nitrogens with zero attached hydrogens (tertiary/aromatic N) is 2. The molecule has 0 bridgehead atoms. The molecule has 0 unspecified atom stereocenters. The van der Waals surface area contributed by atoms with Gasteiger partial charge >= 0.3 is 0 Å². The highest BCUT2D eigenvalue weighted by atomic mass is 32.1. The van der Waals surface area contributed by atoms with E-state index in [4.69, 9.17) is 0 Å². The van der Waals surface area contributed by atoms with Crippen LogP contribution in [0.5, 0.6) is 0 Å². The van der Waals surface area contributed by atoms with Gasteiger partial charge in [-0.15, -0.1) is 0 Å². The number of para-hydroxylation sites is 1. The third kappa shape index (κ3) is 1.97. The van der Waals surface area contributed by atoms with Gasteiger partial charge in [-0.3, -0.25) is 0 Å². The largest absolute Gasteiger partial charge is 0.320 e. The monoisotopic (exact) mass is 254 g/mol. The molecule has 3 heteroatoms. The van der Waals surface area contributed by atoms with Crippen LogP contribution in [0.25, 0.3) is 10.2 Å². The second kappa shape index (κ2) is 4.42. The second-order valence-corrected chi connectivity index (χ2v) is 5.37. The molecule has 3 aromatic rings. The van der Waals surface area contributed by atoms with Gasteiger partial charge in [0.15, 0.2) is 4.80 Å². The zero-order valence-corrected chi connectivity index (χ0v) is 11.2. The molecule has 0 radical (unpaired) electrons. The number of hydrogen-bond acceptors (Lipinski definition) is 2. The van der Waals surface area contributed by atoms with E-state index >= 15 is 0 Å². The van der Waals surface area contributed by atoms with Gasteiger partial charge in [-0.1, -0.05) is 35.6 Å². The first-order valence-electron chi connectivity index (χ1n) is 5.90. The normalized spacial score (nSPS) is 12.2. The molecular weight excluding hydrogens is 240 g/mol. The molecule has 18 heavy (non-hydrogen) atoms. The van der Waals surface area contributed by atoms with Crippen molar-refractivity contribution in [3.63, 3.8) is 0 Å². The number of benzene rings is 2. The summed E-state index contributed by atoms with van der Waals surface area (Å²) >= 11 is 1.73. The van der Waals surface area contributed by atoms with Crippen molar-refractivity contribution in [2.75, 3.05) is 0 Å². The number of aromatic nitrogens is 1. The van der Waals surface area contributed by atoms with Crippen LogP contribution in [0.4, 0.5) is 5.69 Å². The molecule has 0 N–H and O–H groups in total. The quantitative estimate of drug-likeness (QED) is 0.629. The Morgan fingerprint density at radius 2 is 1.83 bits per heavy atom. The van der Waals surface area contributed by atoms with Gasteiger partial charge < -0.3 is 4.57 Å². The Morgan fingerprint density at radius 3 is 2.61 bits per heavy atom. The minimum atomic E-state index is 0.997. The zero-order valence-electron chi connectivity index (χ0n) is 10.4. The van der Waals surface area contributed by atoms with Gasteiger partial charge in [0.25, 0.3) is 0 Å². The van der Waals surface area contributed by atoms with Gasteiger partial charge in [-0.25, -0.2) is 4.99 Å². The number of rotatable bonds is 1. The maximum atomic E-state index is 4.69. The first kappa shape index (κ1) is 11.2. The van der Waals surface area contributed by atoms with Gasteiger partial charge in [0, 0.05) is 7.05 Å². The van der Waals surface area contributed by atoms with Crippen molar-refractivity contribution in [2.24, 2.45) is 12.0 Å². The number of fused-ring (bicyclic) bond motifs is 1. The lowest BCUT2D eigenvalue weighted by Crippen LogP contribution is -2.08. The lowest BCUT2D eigenvalue weighted by atomic mass is 10.2. The van der Waals surface area contributed by atoms with Crippen molar-refractivity contribution in [3.05, 3.63) is 58.9 Å². The van der Waals surface area contributed by atoms with E-state index in [1.165, 1.54) is 15.8 Å². The van der Waals surface area contributed by atoms with E-state index in [1.54, 1.807) is 11.3 Å². The fourth-order valence-corrected chi connectivity index (χ4v) is 3.10. The van der Waals surface area contributed by atoms with E-state index in [2.05, 4.69) is 41.7 Å². The van der Waals surface area contributed by atoms with Crippen LogP contribution >= 0.6 is 11.3 Å².